The molecule has 192 valence electrons. The van der Waals surface area contributed by atoms with Gasteiger partial charge in [0.15, 0.2) is 12.4 Å². The van der Waals surface area contributed by atoms with Crippen LogP contribution in [0.3, 0.4) is 0 Å². The number of rotatable bonds is 8. The van der Waals surface area contributed by atoms with E-state index in [0.717, 1.165) is 5.56 Å². The minimum atomic E-state index is -3.88. The van der Waals surface area contributed by atoms with Gasteiger partial charge in [0.25, 0.3) is 0 Å². The number of esters is 1. The molecule has 0 aliphatic carbocycles. The molecule has 0 saturated carbocycles. The van der Waals surface area contributed by atoms with Crippen LogP contribution in [0.2, 0.25) is 5.02 Å². The number of nitrogens with one attached hydrogen (secondary N) is 1. The van der Waals surface area contributed by atoms with Crippen molar-refractivity contribution in [1.29, 1.82) is 0 Å². The number of anilines is 1. The SMILES string of the molecule is Cc1ccc(S(=O)(=O)N2CCC[C@@H]2C(=O)Nc2ccccc2C(=O)OCC(=O)c2ccc(Cl)cc2)cc1. The largest absolute Gasteiger partial charge is 0.454 e. The highest BCUT2D eigenvalue weighted by molar-refractivity contribution is 7.89. The summed E-state index contributed by atoms with van der Waals surface area (Å²) in [4.78, 5) is 38.4. The molecule has 1 fully saturated rings. The monoisotopic (exact) mass is 540 g/mol. The van der Waals surface area contributed by atoms with Crippen molar-refractivity contribution in [3.63, 3.8) is 0 Å². The Morgan fingerprint density at radius 1 is 1.00 bits per heavy atom. The van der Waals surface area contributed by atoms with Crippen LogP contribution in [0.5, 0.6) is 0 Å². The molecule has 0 spiro atoms. The number of halogens is 1. The van der Waals surface area contributed by atoms with E-state index in [1.165, 1.54) is 40.7 Å². The van der Waals surface area contributed by atoms with Gasteiger partial charge in [0.05, 0.1) is 16.1 Å². The fraction of sp³-hybridized carbons (Fsp3) is 0.222. The Morgan fingerprint density at radius 2 is 1.68 bits per heavy atom. The van der Waals surface area contributed by atoms with Crippen LogP contribution >= 0.6 is 11.6 Å². The van der Waals surface area contributed by atoms with Crippen LogP contribution in [0.15, 0.2) is 77.7 Å². The van der Waals surface area contributed by atoms with Crippen molar-refractivity contribution in [2.75, 3.05) is 18.5 Å². The molecule has 0 aromatic heterocycles. The van der Waals surface area contributed by atoms with Crippen molar-refractivity contribution in [2.24, 2.45) is 0 Å². The molecule has 4 rings (SSSR count). The van der Waals surface area contributed by atoms with Gasteiger partial charge in [-0.3, -0.25) is 9.59 Å². The molecule has 8 nitrogen and oxygen atoms in total. The molecule has 1 N–H and O–H groups in total. The van der Waals surface area contributed by atoms with Crippen LogP contribution in [0.1, 0.15) is 39.1 Å². The van der Waals surface area contributed by atoms with E-state index in [2.05, 4.69) is 5.32 Å². The van der Waals surface area contributed by atoms with Crippen molar-refractivity contribution in [3.8, 4) is 0 Å². The summed E-state index contributed by atoms with van der Waals surface area (Å²) in [6.45, 7) is 1.58. The number of ketones is 1. The molecule has 1 amide bonds. The van der Waals surface area contributed by atoms with Gasteiger partial charge in [-0.2, -0.15) is 4.31 Å². The molecule has 10 heteroatoms. The van der Waals surface area contributed by atoms with Crippen LogP contribution in [-0.4, -0.2) is 49.6 Å². The van der Waals surface area contributed by atoms with Gasteiger partial charge in [0.1, 0.15) is 6.04 Å². The third-order valence-corrected chi connectivity index (χ3v) is 8.21. The second-order valence-electron chi connectivity index (χ2n) is 8.63. The van der Waals surface area contributed by atoms with E-state index in [9.17, 15) is 22.8 Å². The molecule has 1 saturated heterocycles. The number of ether oxygens (including phenoxy) is 1. The van der Waals surface area contributed by atoms with E-state index in [1.54, 1.807) is 36.4 Å². The van der Waals surface area contributed by atoms with Crippen molar-refractivity contribution in [1.82, 2.24) is 4.31 Å². The Morgan fingerprint density at radius 3 is 2.38 bits per heavy atom. The summed E-state index contributed by atoms with van der Waals surface area (Å²) >= 11 is 5.83. The zero-order chi connectivity index (χ0) is 26.6. The van der Waals surface area contributed by atoms with E-state index in [4.69, 9.17) is 16.3 Å². The van der Waals surface area contributed by atoms with Gasteiger partial charge in [0, 0.05) is 17.1 Å². The van der Waals surface area contributed by atoms with Crippen molar-refractivity contribution >= 4 is 45.0 Å². The number of Topliss-reactive ketones (excluding diaryl/α,β-unsaturated/α-hetero) is 1. The van der Waals surface area contributed by atoms with E-state index in [-0.39, 0.29) is 22.7 Å². The molecule has 3 aromatic rings. The van der Waals surface area contributed by atoms with Crippen LogP contribution in [0.4, 0.5) is 5.69 Å². The first-order valence-corrected chi connectivity index (χ1v) is 13.4. The highest BCUT2D eigenvalue weighted by Crippen LogP contribution is 2.28. The van der Waals surface area contributed by atoms with Crippen LogP contribution in [-0.2, 0) is 19.6 Å². The summed E-state index contributed by atoms with van der Waals surface area (Å²) in [6, 6.07) is 17.9. The summed E-state index contributed by atoms with van der Waals surface area (Å²) < 4.78 is 32.8. The molecule has 0 unspecified atom stereocenters. The van der Waals surface area contributed by atoms with E-state index in [1.807, 2.05) is 6.92 Å². The molecule has 1 aliphatic heterocycles. The van der Waals surface area contributed by atoms with Gasteiger partial charge in [-0.25, -0.2) is 13.2 Å². The summed E-state index contributed by atoms with van der Waals surface area (Å²) in [5, 5.41) is 3.15. The van der Waals surface area contributed by atoms with Gasteiger partial charge in [-0.15, -0.1) is 0 Å². The lowest BCUT2D eigenvalue weighted by Gasteiger charge is -2.24. The molecular weight excluding hydrogens is 516 g/mol. The van der Waals surface area contributed by atoms with Crippen molar-refractivity contribution in [3.05, 3.63) is 94.5 Å². The normalized spacial score (nSPS) is 15.8. The number of para-hydroxylation sites is 1. The topological polar surface area (TPSA) is 110 Å². The number of aryl methyl sites for hydroxylation is 1. The maximum Gasteiger partial charge on any atom is 0.340 e. The first-order valence-electron chi connectivity index (χ1n) is 11.6. The second kappa shape index (κ2) is 11.2. The fourth-order valence-corrected chi connectivity index (χ4v) is 5.83. The fourth-order valence-electron chi connectivity index (χ4n) is 4.05. The molecule has 3 aromatic carbocycles. The standard InChI is InChI=1S/C27H25ClN2O6S/c1-18-8-14-21(15-9-18)37(34,35)30-16-4-7-24(30)26(32)29-23-6-3-2-5-22(23)27(33)36-17-25(31)19-10-12-20(28)13-11-19/h2-3,5-6,8-15,24H,4,7,16-17H2,1H3,(H,29,32)/t24-/m1/s1. The Balaban J connectivity index is 1.46. The maximum atomic E-state index is 13.2. The Labute approximate surface area is 220 Å². The third-order valence-electron chi connectivity index (χ3n) is 6.04. The van der Waals surface area contributed by atoms with Crippen LogP contribution < -0.4 is 5.32 Å². The van der Waals surface area contributed by atoms with Crippen LogP contribution in [0, 0.1) is 6.92 Å². The van der Waals surface area contributed by atoms with Gasteiger partial charge >= 0.3 is 5.97 Å². The summed E-state index contributed by atoms with van der Waals surface area (Å²) in [5.74, 6) is -1.76. The number of benzene rings is 3. The molecular formula is C27H25ClN2O6S. The molecule has 1 heterocycles. The summed E-state index contributed by atoms with van der Waals surface area (Å²) in [5.41, 5.74) is 1.48. The van der Waals surface area contributed by atoms with Gasteiger partial charge < -0.3 is 10.1 Å². The third kappa shape index (κ3) is 6.07. The average Bonchev–Trinajstić information content (AvgIpc) is 3.39. The summed E-state index contributed by atoms with van der Waals surface area (Å²) in [7, 11) is -3.88. The van der Waals surface area contributed by atoms with Gasteiger partial charge in [0.2, 0.25) is 15.9 Å². The van der Waals surface area contributed by atoms with E-state index < -0.39 is 40.3 Å². The summed E-state index contributed by atoms with van der Waals surface area (Å²) in [6.07, 6.45) is 0.874. The second-order valence-corrected chi connectivity index (χ2v) is 11.0. The zero-order valence-corrected chi connectivity index (χ0v) is 21.6. The first-order chi connectivity index (χ1) is 17.7. The minimum absolute atomic E-state index is 0.0469. The number of carbonyl (C=O) groups is 3. The molecule has 0 radical (unpaired) electrons. The Kier molecular flexibility index (Phi) is 8.06. The average molecular weight is 541 g/mol. The number of sulfonamides is 1. The predicted molar refractivity (Wildman–Crippen MR) is 139 cm³/mol. The number of amides is 1. The molecule has 37 heavy (non-hydrogen) atoms. The highest BCUT2D eigenvalue weighted by Gasteiger charge is 2.39. The van der Waals surface area contributed by atoms with Crippen molar-refractivity contribution < 1.29 is 27.5 Å². The molecule has 0 bridgehead atoms. The number of hydrogen-bond donors (Lipinski definition) is 1. The van der Waals surface area contributed by atoms with Gasteiger partial charge in [-0.1, -0.05) is 41.4 Å². The lowest BCUT2D eigenvalue weighted by Crippen LogP contribution is -2.43. The lowest BCUT2D eigenvalue weighted by molar-refractivity contribution is -0.119. The number of nitrogens with zero attached hydrogens (tertiary/aromatic N) is 1. The van der Waals surface area contributed by atoms with Crippen LogP contribution in [0.25, 0.3) is 0 Å². The highest BCUT2D eigenvalue weighted by atomic mass is 35.5. The van der Waals surface area contributed by atoms with E-state index in [0.29, 0.717) is 23.4 Å². The maximum absolute atomic E-state index is 13.2. The number of carbonyl (C=O) groups excluding carboxylic acids is 3. The Bertz CT molecular complexity index is 1420. The minimum Gasteiger partial charge on any atom is -0.454 e. The van der Waals surface area contributed by atoms with Crippen molar-refractivity contribution in [2.45, 2.75) is 30.7 Å². The molecule has 1 atom stereocenters. The molecule has 1 aliphatic rings. The van der Waals surface area contributed by atoms with E-state index >= 15 is 0 Å². The number of hydrogen-bond acceptors (Lipinski definition) is 6. The zero-order valence-electron chi connectivity index (χ0n) is 20.0. The Hall–Kier alpha value is -3.53. The first kappa shape index (κ1) is 26.5. The quantitative estimate of drug-likeness (QED) is 0.333. The smallest absolute Gasteiger partial charge is 0.340 e. The van der Waals surface area contributed by atoms with Gasteiger partial charge in [-0.05, 0) is 68.3 Å². The lowest BCUT2D eigenvalue weighted by atomic mass is 10.1. The predicted octanol–water partition coefficient (Wildman–Crippen LogP) is 4.48.